The molecule has 20 heavy (non-hydrogen) atoms. The molecule has 0 amide bonds. The van der Waals surface area contributed by atoms with Crippen molar-refractivity contribution in [2.75, 3.05) is 6.54 Å². The molecule has 0 aliphatic rings. The first kappa shape index (κ1) is 14.3. The lowest BCUT2D eigenvalue weighted by atomic mass is 10.0. The third kappa shape index (κ3) is 3.71. The van der Waals surface area contributed by atoms with Gasteiger partial charge >= 0.3 is 5.97 Å². The Morgan fingerprint density at radius 3 is 2.65 bits per heavy atom. The summed E-state index contributed by atoms with van der Waals surface area (Å²) in [6.45, 7) is 4.54. The van der Waals surface area contributed by atoms with Gasteiger partial charge < -0.3 is 15.0 Å². The Kier molecular flexibility index (Phi) is 4.96. The van der Waals surface area contributed by atoms with Crippen LogP contribution in [0, 0.1) is 0 Å². The molecule has 1 aromatic heterocycles. The number of hydrogen-bond acceptors (Lipinski definition) is 2. The van der Waals surface area contributed by atoms with Gasteiger partial charge in [-0.2, -0.15) is 0 Å². The molecule has 0 saturated carbocycles. The monoisotopic (exact) mass is 272 g/mol. The van der Waals surface area contributed by atoms with Crippen molar-refractivity contribution in [3.05, 3.63) is 59.4 Å². The zero-order valence-corrected chi connectivity index (χ0v) is 11.7. The number of carbonyl (C=O) groups is 1. The van der Waals surface area contributed by atoms with E-state index in [1.807, 2.05) is 36.5 Å². The predicted molar refractivity (Wildman–Crippen MR) is 78.7 cm³/mol. The fraction of sp³-hybridized carbons (Fsp3) is 0.312. The molecule has 2 aromatic rings. The minimum atomic E-state index is -0.794. The first-order chi connectivity index (χ1) is 9.70. The van der Waals surface area contributed by atoms with Crippen molar-refractivity contribution in [3.63, 3.8) is 0 Å². The van der Waals surface area contributed by atoms with Crippen molar-refractivity contribution in [1.29, 1.82) is 0 Å². The second-order valence-corrected chi connectivity index (χ2v) is 4.75. The second kappa shape index (κ2) is 6.91. The van der Waals surface area contributed by atoms with Crippen LogP contribution in [-0.4, -0.2) is 22.2 Å². The molecule has 0 fully saturated rings. The van der Waals surface area contributed by atoms with Gasteiger partial charge in [-0.1, -0.05) is 31.2 Å². The van der Waals surface area contributed by atoms with E-state index in [0.717, 1.165) is 24.2 Å². The van der Waals surface area contributed by atoms with Crippen LogP contribution in [0.15, 0.2) is 42.6 Å². The summed E-state index contributed by atoms with van der Waals surface area (Å²) < 4.78 is 2.16. The van der Waals surface area contributed by atoms with Crippen molar-refractivity contribution >= 4 is 5.97 Å². The van der Waals surface area contributed by atoms with E-state index in [-0.39, 0.29) is 6.42 Å². The number of aliphatic carboxylic acids is 1. The van der Waals surface area contributed by atoms with E-state index in [1.165, 1.54) is 5.69 Å². The molecule has 4 nitrogen and oxygen atoms in total. The van der Waals surface area contributed by atoms with Crippen molar-refractivity contribution in [2.24, 2.45) is 0 Å². The summed E-state index contributed by atoms with van der Waals surface area (Å²) in [5, 5.41) is 12.3. The maximum Gasteiger partial charge on any atom is 0.307 e. The molecule has 0 saturated heterocycles. The molecule has 0 atom stereocenters. The van der Waals surface area contributed by atoms with Crippen LogP contribution in [0.2, 0.25) is 0 Å². The predicted octanol–water partition coefficient (Wildman–Crippen LogP) is 2.27. The van der Waals surface area contributed by atoms with E-state index in [4.69, 9.17) is 5.11 Å². The van der Waals surface area contributed by atoms with Crippen LogP contribution < -0.4 is 5.32 Å². The van der Waals surface area contributed by atoms with Gasteiger partial charge in [0.15, 0.2) is 0 Å². The number of aromatic nitrogens is 1. The number of nitrogens with zero attached hydrogens (tertiary/aromatic N) is 1. The first-order valence-corrected chi connectivity index (χ1v) is 6.84. The maximum atomic E-state index is 10.9. The summed E-state index contributed by atoms with van der Waals surface area (Å²) >= 11 is 0. The van der Waals surface area contributed by atoms with Crippen LogP contribution in [0.1, 0.15) is 23.7 Å². The maximum absolute atomic E-state index is 10.9. The van der Waals surface area contributed by atoms with Crippen LogP contribution >= 0.6 is 0 Å². The minimum Gasteiger partial charge on any atom is -0.481 e. The van der Waals surface area contributed by atoms with Gasteiger partial charge in [-0.25, -0.2) is 0 Å². The molecule has 0 aliphatic carbocycles. The first-order valence-electron chi connectivity index (χ1n) is 6.84. The molecule has 1 heterocycles. The summed E-state index contributed by atoms with van der Waals surface area (Å²) in [6, 6.07) is 11.8. The van der Waals surface area contributed by atoms with Gasteiger partial charge in [0.05, 0.1) is 6.42 Å². The summed E-state index contributed by atoms with van der Waals surface area (Å²) in [5.41, 5.74) is 3.14. The van der Waals surface area contributed by atoms with Crippen LogP contribution in [0.4, 0.5) is 0 Å². The fourth-order valence-corrected chi connectivity index (χ4v) is 2.25. The number of carboxylic acid groups (broad SMARTS) is 1. The summed E-state index contributed by atoms with van der Waals surface area (Å²) in [7, 11) is 0. The lowest BCUT2D eigenvalue weighted by Gasteiger charge is -2.12. The van der Waals surface area contributed by atoms with E-state index in [1.54, 1.807) is 0 Å². The molecule has 1 aromatic carbocycles. The average molecular weight is 272 g/mol. The fourth-order valence-electron chi connectivity index (χ4n) is 2.25. The van der Waals surface area contributed by atoms with Gasteiger partial charge in [-0.3, -0.25) is 4.79 Å². The molecule has 0 aliphatic heterocycles. The van der Waals surface area contributed by atoms with Gasteiger partial charge in [-0.15, -0.1) is 0 Å². The molecule has 0 radical (unpaired) electrons. The molecular weight excluding hydrogens is 252 g/mol. The van der Waals surface area contributed by atoms with E-state index < -0.39 is 5.97 Å². The lowest BCUT2D eigenvalue weighted by molar-refractivity contribution is -0.136. The largest absolute Gasteiger partial charge is 0.481 e. The van der Waals surface area contributed by atoms with Crippen molar-refractivity contribution in [2.45, 2.75) is 26.4 Å². The van der Waals surface area contributed by atoms with Gasteiger partial charge in [0.2, 0.25) is 0 Å². The SMILES string of the molecule is CCNCc1cccn1Cc1ccccc1CC(=O)O. The number of hydrogen-bond donors (Lipinski definition) is 2. The van der Waals surface area contributed by atoms with E-state index in [0.29, 0.717) is 6.54 Å². The summed E-state index contributed by atoms with van der Waals surface area (Å²) in [5.74, 6) is -0.794. The smallest absolute Gasteiger partial charge is 0.307 e. The zero-order chi connectivity index (χ0) is 14.4. The highest BCUT2D eigenvalue weighted by molar-refractivity contribution is 5.70. The van der Waals surface area contributed by atoms with Gasteiger partial charge in [-0.05, 0) is 29.8 Å². The van der Waals surface area contributed by atoms with Gasteiger partial charge in [0.25, 0.3) is 0 Å². The topological polar surface area (TPSA) is 54.3 Å². The van der Waals surface area contributed by atoms with Crippen LogP contribution in [0.3, 0.4) is 0 Å². The van der Waals surface area contributed by atoms with E-state index in [9.17, 15) is 4.79 Å². The van der Waals surface area contributed by atoms with Crippen molar-refractivity contribution in [1.82, 2.24) is 9.88 Å². The van der Waals surface area contributed by atoms with Crippen LogP contribution in [-0.2, 0) is 24.3 Å². The lowest BCUT2D eigenvalue weighted by Crippen LogP contribution is -2.16. The van der Waals surface area contributed by atoms with Crippen LogP contribution in [0.25, 0.3) is 0 Å². The molecule has 0 spiro atoms. The molecule has 2 rings (SSSR count). The highest BCUT2D eigenvalue weighted by Crippen LogP contribution is 2.13. The normalized spacial score (nSPS) is 10.7. The van der Waals surface area contributed by atoms with Crippen molar-refractivity contribution in [3.8, 4) is 0 Å². The third-order valence-electron chi connectivity index (χ3n) is 3.28. The van der Waals surface area contributed by atoms with Gasteiger partial charge in [0.1, 0.15) is 0 Å². The summed E-state index contributed by atoms with van der Waals surface area (Å²) in [6.07, 6.45) is 2.10. The number of carboxylic acids is 1. The Morgan fingerprint density at radius 1 is 1.20 bits per heavy atom. The number of benzene rings is 1. The van der Waals surface area contributed by atoms with E-state index in [2.05, 4.69) is 22.9 Å². The number of rotatable bonds is 7. The zero-order valence-electron chi connectivity index (χ0n) is 11.7. The van der Waals surface area contributed by atoms with E-state index >= 15 is 0 Å². The van der Waals surface area contributed by atoms with Crippen LogP contribution in [0.5, 0.6) is 0 Å². The average Bonchev–Trinajstić information content (AvgIpc) is 2.85. The Balaban J connectivity index is 2.17. The molecule has 106 valence electrons. The molecule has 2 N–H and O–H groups in total. The third-order valence-corrected chi connectivity index (χ3v) is 3.28. The Labute approximate surface area is 119 Å². The quantitative estimate of drug-likeness (QED) is 0.813. The van der Waals surface area contributed by atoms with Gasteiger partial charge in [0, 0.05) is 25.0 Å². The molecule has 0 bridgehead atoms. The molecular formula is C16H20N2O2. The highest BCUT2D eigenvalue weighted by Gasteiger charge is 2.08. The molecule has 4 heteroatoms. The van der Waals surface area contributed by atoms with Crippen molar-refractivity contribution < 1.29 is 9.90 Å². The second-order valence-electron chi connectivity index (χ2n) is 4.75. The number of nitrogens with one attached hydrogen (secondary N) is 1. The summed E-state index contributed by atoms with van der Waals surface area (Å²) in [4.78, 5) is 10.9. The Morgan fingerprint density at radius 2 is 1.95 bits per heavy atom. The Hall–Kier alpha value is -2.07. The highest BCUT2D eigenvalue weighted by atomic mass is 16.4. The molecule has 0 unspecified atom stereocenters. The standard InChI is InChI=1S/C16H20N2O2/c1-2-17-11-15-8-5-9-18(15)12-14-7-4-3-6-13(14)10-16(19)20/h3-9,17H,2,10-12H2,1H3,(H,19,20). The minimum absolute atomic E-state index is 0.0694. The Bertz CT molecular complexity index is 575.